The van der Waals surface area contributed by atoms with Crippen LogP contribution in [0.1, 0.15) is 25.0 Å². The van der Waals surface area contributed by atoms with Gasteiger partial charge in [-0.1, -0.05) is 48.0 Å². The predicted molar refractivity (Wildman–Crippen MR) is 131 cm³/mol. The average Bonchev–Trinajstić information content (AvgIpc) is 2.77. The third-order valence-electron chi connectivity index (χ3n) is 5.29. The number of aromatic nitrogens is 2. The molecule has 6 nitrogen and oxygen atoms in total. The van der Waals surface area contributed by atoms with E-state index in [1.807, 2.05) is 26.0 Å². The highest BCUT2D eigenvalue weighted by Crippen LogP contribution is 2.15. The molecule has 0 aliphatic rings. The van der Waals surface area contributed by atoms with Crippen LogP contribution in [0.2, 0.25) is 5.02 Å². The maximum atomic E-state index is 13.5. The fourth-order valence-corrected chi connectivity index (χ4v) is 4.05. The maximum Gasteiger partial charge on any atom is 0.336 e. The SMILES string of the molecule is CC(C)NC(=O)Cc1ccc(-n2c(=O)c3ccccc3n(Cc3cccc(Cl)c3)c2=O)cc1. The minimum Gasteiger partial charge on any atom is -0.354 e. The van der Waals surface area contributed by atoms with Gasteiger partial charge >= 0.3 is 5.69 Å². The lowest BCUT2D eigenvalue weighted by atomic mass is 10.1. The lowest BCUT2D eigenvalue weighted by molar-refractivity contribution is -0.120. The largest absolute Gasteiger partial charge is 0.354 e. The Labute approximate surface area is 196 Å². The minimum absolute atomic E-state index is 0.0610. The van der Waals surface area contributed by atoms with E-state index in [2.05, 4.69) is 5.32 Å². The molecule has 0 unspecified atom stereocenters. The second-order valence-corrected chi connectivity index (χ2v) is 8.66. The first-order valence-corrected chi connectivity index (χ1v) is 11.1. The van der Waals surface area contributed by atoms with E-state index in [1.54, 1.807) is 65.2 Å². The molecular formula is C26H24ClN3O3. The van der Waals surface area contributed by atoms with Crippen LogP contribution in [0.3, 0.4) is 0 Å². The van der Waals surface area contributed by atoms with Crippen molar-refractivity contribution in [3.63, 3.8) is 0 Å². The van der Waals surface area contributed by atoms with Crippen molar-refractivity contribution in [2.45, 2.75) is 32.9 Å². The number of nitrogens with zero attached hydrogens (tertiary/aromatic N) is 2. The fourth-order valence-electron chi connectivity index (χ4n) is 3.84. The van der Waals surface area contributed by atoms with E-state index in [4.69, 9.17) is 11.6 Å². The number of nitrogens with one attached hydrogen (secondary N) is 1. The van der Waals surface area contributed by atoms with Crippen molar-refractivity contribution >= 4 is 28.4 Å². The Hall–Kier alpha value is -3.64. The van der Waals surface area contributed by atoms with Gasteiger partial charge in [0.15, 0.2) is 0 Å². The van der Waals surface area contributed by atoms with Crippen LogP contribution in [-0.4, -0.2) is 21.1 Å². The molecule has 33 heavy (non-hydrogen) atoms. The number of amides is 1. The highest BCUT2D eigenvalue weighted by Gasteiger charge is 2.15. The van der Waals surface area contributed by atoms with E-state index in [1.165, 1.54) is 4.57 Å². The van der Waals surface area contributed by atoms with Crippen LogP contribution in [0.5, 0.6) is 0 Å². The zero-order valence-corrected chi connectivity index (χ0v) is 19.2. The third-order valence-corrected chi connectivity index (χ3v) is 5.52. The van der Waals surface area contributed by atoms with E-state index in [9.17, 15) is 14.4 Å². The lowest BCUT2D eigenvalue weighted by Gasteiger charge is -2.15. The topological polar surface area (TPSA) is 73.1 Å². The lowest BCUT2D eigenvalue weighted by Crippen LogP contribution is -2.39. The van der Waals surface area contributed by atoms with E-state index in [0.29, 0.717) is 21.6 Å². The molecule has 1 amide bonds. The van der Waals surface area contributed by atoms with Gasteiger partial charge in [0.05, 0.1) is 29.6 Å². The summed E-state index contributed by atoms with van der Waals surface area (Å²) in [4.78, 5) is 38.8. The van der Waals surface area contributed by atoms with Crippen molar-refractivity contribution < 1.29 is 4.79 Å². The molecule has 1 N–H and O–H groups in total. The van der Waals surface area contributed by atoms with Gasteiger partial charge in [0.2, 0.25) is 5.91 Å². The van der Waals surface area contributed by atoms with Crippen molar-refractivity contribution in [2.75, 3.05) is 0 Å². The van der Waals surface area contributed by atoms with E-state index < -0.39 is 5.69 Å². The van der Waals surface area contributed by atoms with Gasteiger partial charge in [-0.25, -0.2) is 9.36 Å². The van der Waals surface area contributed by atoms with Crippen LogP contribution in [0.15, 0.2) is 82.4 Å². The summed E-state index contributed by atoms with van der Waals surface area (Å²) >= 11 is 6.13. The van der Waals surface area contributed by atoms with Crippen LogP contribution in [-0.2, 0) is 17.8 Å². The average molecular weight is 462 g/mol. The molecule has 0 aliphatic carbocycles. The van der Waals surface area contributed by atoms with Gasteiger partial charge in [0.1, 0.15) is 0 Å². The van der Waals surface area contributed by atoms with Gasteiger partial charge in [-0.2, -0.15) is 0 Å². The number of benzene rings is 3. The molecule has 4 rings (SSSR count). The molecule has 168 valence electrons. The van der Waals surface area contributed by atoms with Gasteiger partial charge in [-0.15, -0.1) is 0 Å². The molecule has 0 bridgehead atoms. The first-order chi connectivity index (χ1) is 15.8. The van der Waals surface area contributed by atoms with Crippen LogP contribution >= 0.6 is 11.6 Å². The molecule has 3 aromatic carbocycles. The number of hydrogen-bond donors (Lipinski definition) is 1. The standard InChI is InChI=1S/C26H24ClN3O3/c1-17(2)28-24(31)15-18-10-12-21(13-11-18)30-25(32)22-8-3-4-9-23(22)29(26(30)33)16-19-6-5-7-20(27)14-19/h3-14,17H,15-16H2,1-2H3,(H,28,31). The van der Waals surface area contributed by atoms with Crippen molar-refractivity contribution in [3.05, 3.63) is 110 Å². The number of rotatable bonds is 6. The quantitative estimate of drug-likeness (QED) is 0.473. The summed E-state index contributed by atoms with van der Waals surface area (Å²) in [5.74, 6) is -0.0792. The second-order valence-electron chi connectivity index (χ2n) is 8.22. The molecule has 0 atom stereocenters. The van der Waals surface area contributed by atoms with Gasteiger partial charge in [0, 0.05) is 11.1 Å². The molecule has 0 radical (unpaired) electrons. The van der Waals surface area contributed by atoms with Crippen LogP contribution in [0, 0.1) is 0 Å². The van der Waals surface area contributed by atoms with Crippen LogP contribution < -0.4 is 16.6 Å². The molecule has 1 heterocycles. The summed E-state index contributed by atoms with van der Waals surface area (Å²) in [5, 5.41) is 3.88. The first kappa shape index (κ1) is 22.6. The molecule has 1 aromatic heterocycles. The zero-order valence-electron chi connectivity index (χ0n) is 18.4. The maximum absolute atomic E-state index is 13.5. The summed E-state index contributed by atoms with van der Waals surface area (Å²) < 4.78 is 2.75. The molecule has 0 saturated carbocycles. The van der Waals surface area contributed by atoms with E-state index in [-0.39, 0.29) is 30.5 Å². The molecular weight excluding hydrogens is 438 g/mol. The van der Waals surface area contributed by atoms with E-state index >= 15 is 0 Å². The van der Waals surface area contributed by atoms with Gasteiger partial charge in [-0.05, 0) is 61.4 Å². The number of para-hydroxylation sites is 1. The Kier molecular flexibility index (Phi) is 6.47. The summed E-state index contributed by atoms with van der Waals surface area (Å²) in [7, 11) is 0. The fraction of sp³-hybridized carbons (Fsp3) is 0.192. The molecule has 0 aliphatic heterocycles. The van der Waals surface area contributed by atoms with Gasteiger partial charge < -0.3 is 5.32 Å². The molecule has 0 saturated heterocycles. The van der Waals surface area contributed by atoms with Crippen LogP contribution in [0.25, 0.3) is 16.6 Å². The Morgan fingerprint density at radius 2 is 1.67 bits per heavy atom. The molecule has 0 spiro atoms. The monoisotopic (exact) mass is 461 g/mol. The van der Waals surface area contributed by atoms with Crippen molar-refractivity contribution in [1.82, 2.24) is 14.5 Å². The number of carbonyl (C=O) groups excluding carboxylic acids is 1. The van der Waals surface area contributed by atoms with Crippen molar-refractivity contribution in [3.8, 4) is 5.69 Å². The number of halogens is 1. The van der Waals surface area contributed by atoms with Crippen molar-refractivity contribution in [1.29, 1.82) is 0 Å². The normalized spacial score (nSPS) is 11.2. The van der Waals surface area contributed by atoms with Crippen molar-refractivity contribution in [2.24, 2.45) is 0 Å². The number of fused-ring (bicyclic) bond motifs is 1. The third kappa shape index (κ3) is 4.91. The highest BCUT2D eigenvalue weighted by molar-refractivity contribution is 6.30. The van der Waals surface area contributed by atoms with E-state index in [0.717, 1.165) is 11.1 Å². The number of carbonyl (C=O) groups is 1. The Bertz CT molecular complexity index is 1440. The first-order valence-electron chi connectivity index (χ1n) is 10.7. The molecule has 7 heteroatoms. The molecule has 4 aromatic rings. The zero-order chi connectivity index (χ0) is 23.5. The summed E-state index contributed by atoms with van der Waals surface area (Å²) in [6.45, 7) is 4.08. The van der Waals surface area contributed by atoms with Gasteiger partial charge in [-0.3, -0.25) is 14.2 Å². The highest BCUT2D eigenvalue weighted by atomic mass is 35.5. The minimum atomic E-state index is -0.441. The van der Waals surface area contributed by atoms with Gasteiger partial charge in [0.25, 0.3) is 5.56 Å². The second kappa shape index (κ2) is 9.46. The predicted octanol–water partition coefficient (Wildman–Crippen LogP) is 3.92. The Morgan fingerprint density at radius 1 is 0.939 bits per heavy atom. The number of hydrogen-bond acceptors (Lipinski definition) is 3. The Morgan fingerprint density at radius 3 is 2.36 bits per heavy atom. The summed E-state index contributed by atoms with van der Waals surface area (Å²) in [5.41, 5.74) is 1.83. The summed E-state index contributed by atoms with van der Waals surface area (Å²) in [6, 6.07) is 21.3. The molecule has 0 fully saturated rings. The Balaban J connectivity index is 1.79. The van der Waals surface area contributed by atoms with Crippen LogP contribution in [0.4, 0.5) is 0 Å². The smallest absolute Gasteiger partial charge is 0.336 e. The summed E-state index contributed by atoms with van der Waals surface area (Å²) in [6.07, 6.45) is 0.226.